The van der Waals surface area contributed by atoms with Crippen molar-refractivity contribution < 1.29 is 19.4 Å². The van der Waals surface area contributed by atoms with Gasteiger partial charge in [-0.1, -0.05) is 30.3 Å². The van der Waals surface area contributed by atoms with Crippen LogP contribution in [-0.4, -0.2) is 79.5 Å². The highest BCUT2D eigenvalue weighted by atomic mass is 16.6. The summed E-state index contributed by atoms with van der Waals surface area (Å²) in [5.74, 6) is -0.0960. The molecule has 4 aliphatic heterocycles. The summed E-state index contributed by atoms with van der Waals surface area (Å²) >= 11 is 0. The molecule has 2 bridgehead atoms. The minimum absolute atomic E-state index is 0.107. The Balaban J connectivity index is 1.52. The topological polar surface area (TPSA) is 62.2 Å². The van der Waals surface area contributed by atoms with Crippen molar-refractivity contribution in [2.45, 2.75) is 24.5 Å². The van der Waals surface area contributed by atoms with Crippen LogP contribution in [0, 0.1) is 5.92 Å². The fourth-order valence-corrected chi connectivity index (χ4v) is 4.35. The summed E-state index contributed by atoms with van der Waals surface area (Å²) in [6.07, 6.45) is 2.04. The summed E-state index contributed by atoms with van der Waals surface area (Å²) in [6.45, 7) is 5.88. The lowest BCUT2D eigenvalue weighted by Gasteiger charge is -2.45. The third-order valence-corrected chi connectivity index (χ3v) is 6.00. The molecule has 142 valence electrons. The highest BCUT2D eigenvalue weighted by Crippen LogP contribution is 2.32. The quantitative estimate of drug-likeness (QED) is 0.786. The lowest BCUT2D eigenvalue weighted by atomic mass is 9.85. The molecule has 6 nitrogen and oxygen atoms in total. The molecule has 0 amide bonds. The zero-order chi connectivity index (χ0) is 18.0. The van der Waals surface area contributed by atoms with E-state index in [-0.39, 0.29) is 12.6 Å². The van der Waals surface area contributed by atoms with Gasteiger partial charge in [0.05, 0.1) is 13.2 Å². The van der Waals surface area contributed by atoms with Crippen LogP contribution in [0.3, 0.4) is 0 Å². The number of aliphatic hydroxyl groups is 1. The van der Waals surface area contributed by atoms with Crippen LogP contribution in [0.25, 0.3) is 0 Å². The molecule has 5 rings (SSSR count). The van der Waals surface area contributed by atoms with Crippen LogP contribution in [0.1, 0.15) is 18.4 Å². The molecule has 0 aromatic heterocycles. The van der Waals surface area contributed by atoms with Crippen molar-refractivity contribution in [3.8, 4) is 0 Å². The number of carbonyl (C=O) groups is 1. The summed E-state index contributed by atoms with van der Waals surface area (Å²) in [7, 11) is 0. The molecule has 26 heavy (non-hydrogen) atoms. The van der Waals surface area contributed by atoms with Gasteiger partial charge in [0, 0.05) is 26.2 Å². The average Bonchev–Trinajstić information content (AvgIpc) is 2.70. The minimum Gasteiger partial charge on any atom is -0.458 e. The average molecular weight is 360 g/mol. The fraction of sp³-hybridized carbons (Fsp3) is 0.650. The van der Waals surface area contributed by atoms with E-state index in [1.807, 2.05) is 18.2 Å². The van der Waals surface area contributed by atoms with Gasteiger partial charge in [0.25, 0.3) is 0 Å². The highest BCUT2D eigenvalue weighted by Gasteiger charge is 2.45. The molecule has 0 radical (unpaired) electrons. The molecule has 2 atom stereocenters. The van der Waals surface area contributed by atoms with Gasteiger partial charge in [-0.25, -0.2) is 4.79 Å². The third-order valence-electron chi connectivity index (χ3n) is 6.00. The van der Waals surface area contributed by atoms with Gasteiger partial charge >= 0.3 is 5.97 Å². The second-order valence-corrected chi connectivity index (χ2v) is 7.70. The predicted octanol–water partition coefficient (Wildman–Crippen LogP) is 0.844. The highest BCUT2D eigenvalue weighted by molar-refractivity contribution is 5.81. The molecule has 0 aliphatic carbocycles. The molecule has 1 aromatic carbocycles. The van der Waals surface area contributed by atoms with E-state index in [9.17, 15) is 9.90 Å². The first-order chi connectivity index (χ1) is 12.6. The maximum atomic E-state index is 13.1. The Hall–Kier alpha value is -1.47. The van der Waals surface area contributed by atoms with Crippen LogP contribution in [0.4, 0.5) is 0 Å². The SMILES string of the molecule is O=C(OC1CN2CCC1CC2)C(O)(CN1CCOCC1)c1ccccc1. The van der Waals surface area contributed by atoms with Crippen LogP contribution < -0.4 is 0 Å². The monoisotopic (exact) mass is 360 g/mol. The van der Waals surface area contributed by atoms with E-state index in [1.54, 1.807) is 12.1 Å². The number of benzene rings is 1. The number of esters is 1. The Labute approximate surface area is 154 Å². The smallest absolute Gasteiger partial charge is 0.344 e. The van der Waals surface area contributed by atoms with E-state index < -0.39 is 11.6 Å². The van der Waals surface area contributed by atoms with Gasteiger partial charge in [-0.3, -0.25) is 9.80 Å². The molecule has 4 heterocycles. The van der Waals surface area contributed by atoms with Gasteiger partial charge in [-0.05, 0) is 37.4 Å². The Morgan fingerprint density at radius 3 is 2.46 bits per heavy atom. The first-order valence-corrected chi connectivity index (χ1v) is 9.66. The largest absolute Gasteiger partial charge is 0.458 e. The number of hydrogen-bond donors (Lipinski definition) is 1. The lowest BCUT2D eigenvalue weighted by Crippen LogP contribution is -2.55. The van der Waals surface area contributed by atoms with Gasteiger partial charge in [0.15, 0.2) is 5.60 Å². The summed E-state index contributed by atoms with van der Waals surface area (Å²) in [5, 5.41) is 11.4. The van der Waals surface area contributed by atoms with Gasteiger partial charge in [-0.15, -0.1) is 0 Å². The number of carbonyl (C=O) groups excluding carboxylic acids is 1. The van der Waals surface area contributed by atoms with E-state index in [2.05, 4.69) is 9.80 Å². The summed E-state index contributed by atoms with van der Waals surface area (Å²) in [5.41, 5.74) is -1.05. The number of ether oxygens (including phenoxy) is 2. The summed E-state index contributed by atoms with van der Waals surface area (Å²) < 4.78 is 11.3. The maximum absolute atomic E-state index is 13.1. The van der Waals surface area contributed by atoms with E-state index in [4.69, 9.17) is 9.47 Å². The van der Waals surface area contributed by atoms with E-state index in [0.717, 1.165) is 32.5 Å². The van der Waals surface area contributed by atoms with Crippen LogP contribution in [0.15, 0.2) is 30.3 Å². The molecule has 4 aliphatic rings. The second kappa shape index (κ2) is 7.64. The van der Waals surface area contributed by atoms with Gasteiger partial charge in [0.2, 0.25) is 0 Å². The Morgan fingerprint density at radius 1 is 1.15 bits per heavy atom. The van der Waals surface area contributed by atoms with Crippen LogP contribution in [0.2, 0.25) is 0 Å². The van der Waals surface area contributed by atoms with Gasteiger partial charge in [-0.2, -0.15) is 0 Å². The van der Waals surface area contributed by atoms with Crippen molar-refractivity contribution in [1.29, 1.82) is 0 Å². The number of fused-ring (bicyclic) bond motifs is 3. The zero-order valence-electron chi connectivity index (χ0n) is 15.2. The molecular formula is C20H28N2O4. The Bertz CT molecular complexity index is 611. The van der Waals surface area contributed by atoms with E-state index in [0.29, 0.717) is 37.8 Å². The van der Waals surface area contributed by atoms with Crippen LogP contribution >= 0.6 is 0 Å². The van der Waals surface area contributed by atoms with Gasteiger partial charge < -0.3 is 14.6 Å². The van der Waals surface area contributed by atoms with Crippen molar-refractivity contribution in [2.24, 2.45) is 5.92 Å². The molecule has 6 heteroatoms. The minimum atomic E-state index is -1.65. The van der Waals surface area contributed by atoms with Crippen molar-refractivity contribution in [3.05, 3.63) is 35.9 Å². The van der Waals surface area contributed by atoms with Crippen molar-refractivity contribution in [2.75, 3.05) is 52.5 Å². The number of hydrogen-bond acceptors (Lipinski definition) is 6. The normalized spacial score (nSPS) is 31.3. The van der Waals surface area contributed by atoms with Crippen molar-refractivity contribution >= 4 is 5.97 Å². The second-order valence-electron chi connectivity index (χ2n) is 7.70. The number of β-amino-alcohol motifs (C(OH)–C–C–N with tert-alkyl or cyclic N) is 1. The molecule has 4 saturated heterocycles. The molecule has 4 fully saturated rings. The predicted molar refractivity (Wildman–Crippen MR) is 96.6 cm³/mol. The van der Waals surface area contributed by atoms with Crippen LogP contribution in [-0.2, 0) is 19.9 Å². The van der Waals surface area contributed by atoms with Gasteiger partial charge in [0.1, 0.15) is 6.10 Å². The molecule has 0 spiro atoms. The number of rotatable bonds is 5. The third kappa shape index (κ3) is 3.64. The molecule has 2 unspecified atom stereocenters. The van der Waals surface area contributed by atoms with Crippen molar-refractivity contribution in [3.63, 3.8) is 0 Å². The molecular weight excluding hydrogens is 332 g/mol. The van der Waals surface area contributed by atoms with Crippen LogP contribution in [0.5, 0.6) is 0 Å². The summed E-state index contributed by atoms with van der Waals surface area (Å²) in [6, 6.07) is 9.19. The first kappa shape index (κ1) is 17.9. The summed E-state index contributed by atoms with van der Waals surface area (Å²) in [4.78, 5) is 17.6. The first-order valence-electron chi connectivity index (χ1n) is 9.66. The maximum Gasteiger partial charge on any atom is 0.344 e. The lowest BCUT2D eigenvalue weighted by molar-refractivity contribution is -0.184. The Morgan fingerprint density at radius 2 is 1.85 bits per heavy atom. The number of piperidine rings is 3. The zero-order valence-corrected chi connectivity index (χ0v) is 15.2. The molecule has 1 N–H and O–H groups in total. The Kier molecular flexibility index (Phi) is 5.27. The molecule has 1 aromatic rings. The standard InChI is InChI=1S/C20H28N2O4/c23-19(26-18-14-21-8-6-16(18)7-9-21)20(24,17-4-2-1-3-5-17)15-22-10-12-25-13-11-22/h1-5,16,18,24H,6-15H2. The fourth-order valence-electron chi connectivity index (χ4n) is 4.35. The number of nitrogens with zero attached hydrogens (tertiary/aromatic N) is 2. The molecule has 0 saturated carbocycles. The number of morpholine rings is 1. The van der Waals surface area contributed by atoms with E-state index in [1.165, 1.54) is 0 Å². The van der Waals surface area contributed by atoms with E-state index >= 15 is 0 Å². The van der Waals surface area contributed by atoms with Crippen molar-refractivity contribution in [1.82, 2.24) is 9.80 Å².